The van der Waals surface area contributed by atoms with Gasteiger partial charge >= 0.3 is 0 Å². The highest BCUT2D eigenvalue weighted by molar-refractivity contribution is 9.10. The van der Waals surface area contributed by atoms with Gasteiger partial charge in [0.15, 0.2) is 0 Å². The van der Waals surface area contributed by atoms with E-state index in [0.717, 1.165) is 26.5 Å². The third kappa shape index (κ3) is 2.57. The van der Waals surface area contributed by atoms with Crippen molar-refractivity contribution in [3.05, 3.63) is 75.4 Å². The van der Waals surface area contributed by atoms with Crippen LogP contribution >= 0.6 is 27.5 Å². The van der Waals surface area contributed by atoms with E-state index in [2.05, 4.69) is 27.0 Å². The van der Waals surface area contributed by atoms with Crippen molar-refractivity contribution >= 4 is 38.4 Å². The van der Waals surface area contributed by atoms with E-state index in [1.54, 1.807) is 6.20 Å². The summed E-state index contributed by atoms with van der Waals surface area (Å²) in [7, 11) is 0. The summed E-state index contributed by atoms with van der Waals surface area (Å²) in [5.74, 6) is 0. The summed E-state index contributed by atoms with van der Waals surface area (Å²) < 4.78 is 0.920. The molecule has 0 fully saturated rings. The Balaban J connectivity index is 2.05. The van der Waals surface area contributed by atoms with E-state index in [0.29, 0.717) is 5.02 Å². The molecule has 0 saturated heterocycles. The molecule has 3 aromatic rings. The number of nitrogens with two attached hydrogens (primary N) is 1. The molecule has 1 heterocycles. The number of hydrogen-bond donors (Lipinski definition) is 1. The zero-order chi connectivity index (χ0) is 14.1. The maximum atomic E-state index is 6.36. The average Bonchev–Trinajstić information content (AvgIpc) is 2.46. The molecule has 2 aromatic carbocycles. The smallest absolute Gasteiger partial charge is 0.0702 e. The van der Waals surface area contributed by atoms with Gasteiger partial charge in [-0.1, -0.05) is 45.7 Å². The van der Waals surface area contributed by atoms with Crippen molar-refractivity contribution in [3.63, 3.8) is 0 Å². The molecule has 1 aromatic heterocycles. The van der Waals surface area contributed by atoms with E-state index in [4.69, 9.17) is 17.3 Å². The van der Waals surface area contributed by atoms with Crippen LogP contribution in [0.15, 0.2) is 59.2 Å². The Morgan fingerprint density at radius 1 is 1.10 bits per heavy atom. The molecule has 0 bridgehead atoms. The number of rotatable bonds is 2. The third-order valence-corrected chi connectivity index (χ3v) is 4.21. The summed E-state index contributed by atoms with van der Waals surface area (Å²) in [5.41, 5.74) is 9.40. The van der Waals surface area contributed by atoms with Crippen LogP contribution in [-0.4, -0.2) is 4.98 Å². The first kappa shape index (κ1) is 13.6. The predicted octanol–water partition coefficient (Wildman–Crippen LogP) is 4.70. The molecule has 100 valence electrons. The molecule has 0 radical (unpaired) electrons. The number of pyridine rings is 1. The van der Waals surface area contributed by atoms with Gasteiger partial charge in [0.05, 0.1) is 11.6 Å². The lowest BCUT2D eigenvalue weighted by molar-refractivity contribution is 0.867. The van der Waals surface area contributed by atoms with Gasteiger partial charge < -0.3 is 5.73 Å². The zero-order valence-corrected chi connectivity index (χ0v) is 12.9. The van der Waals surface area contributed by atoms with Gasteiger partial charge in [-0.2, -0.15) is 0 Å². The molecule has 0 saturated carbocycles. The average molecular weight is 348 g/mol. The summed E-state index contributed by atoms with van der Waals surface area (Å²) in [6.07, 6.45) is 1.79. The molecule has 0 spiro atoms. The predicted molar refractivity (Wildman–Crippen MR) is 86.9 cm³/mol. The quantitative estimate of drug-likeness (QED) is 0.730. The molecular formula is C16H12BrClN2. The van der Waals surface area contributed by atoms with Crippen molar-refractivity contribution in [3.8, 4) is 0 Å². The van der Waals surface area contributed by atoms with Gasteiger partial charge in [0.1, 0.15) is 0 Å². The highest BCUT2D eigenvalue weighted by atomic mass is 79.9. The summed E-state index contributed by atoms with van der Waals surface area (Å²) >= 11 is 9.48. The fraction of sp³-hybridized carbons (Fsp3) is 0.0625. The number of halogens is 2. The van der Waals surface area contributed by atoms with Crippen LogP contribution in [0.3, 0.4) is 0 Å². The molecule has 0 aliphatic rings. The molecule has 4 heteroatoms. The number of benzene rings is 2. The molecule has 0 aliphatic heterocycles. The topological polar surface area (TPSA) is 38.9 Å². The van der Waals surface area contributed by atoms with Crippen LogP contribution in [0.4, 0.5) is 0 Å². The van der Waals surface area contributed by atoms with Gasteiger partial charge in [-0.25, -0.2) is 0 Å². The highest BCUT2D eigenvalue weighted by Crippen LogP contribution is 2.30. The first-order valence-corrected chi connectivity index (χ1v) is 7.37. The Kier molecular flexibility index (Phi) is 3.74. The Morgan fingerprint density at radius 2 is 1.95 bits per heavy atom. The fourth-order valence-corrected chi connectivity index (χ4v) is 3.15. The van der Waals surface area contributed by atoms with Gasteiger partial charge in [-0.3, -0.25) is 4.98 Å². The first-order valence-electron chi connectivity index (χ1n) is 6.20. The van der Waals surface area contributed by atoms with Gasteiger partial charge in [0, 0.05) is 21.1 Å². The van der Waals surface area contributed by atoms with Gasteiger partial charge in [-0.15, -0.1) is 0 Å². The van der Waals surface area contributed by atoms with E-state index in [-0.39, 0.29) is 6.04 Å². The Labute approximate surface area is 130 Å². The van der Waals surface area contributed by atoms with Crippen molar-refractivity contribution in [2.24, 2.45) is 5.73 Å². The van der Waals surface area contributed by atoms with Crippen LogP contribution in [-0.2, 0) is 0 Å². The van der Waals surface area contributed by atoms with Crippen molar-refractivity contribution in [1.29, 1.82) is 0 Å². The molecule has 0 aliphatic carbocycles. The Hall–Kier alpha value is -1.42. The Morgan fingerprint density at radius 3 is 2.75 bits per heavy atom. The Bertz CT molecular complexity index is 773. The number of nitrogens with zero attached hydrogens (tertiary/aromatic N) is 1. The van der Waals surface area contributed by atoms with Crippen molar-refractivity contribution in [2.75, 3.05) is 0 Å². The molecule has 1 unspecified atom stereocenters. The van der Waals surface area contributed by atoms with E-state index in [9.17, 15) is 0 Å². The first-order chi connectivity index (χ1) is 9.65. The minimum Gasteiger partial charge on any atom is -0.320 e. The highest BCUT2D eigenvalue weighted by Gasteiger charge is 2.13. The molecule has 20 heavy (non-hydrogen) atoms. The lowest BCUT2D eigenvalue weighted by Gasteiger charge is -2.15. The minimum absolute atomic E-state index is 0.203. The summed E-state index contributed by atoms with van der Waals surface area (Å²) in [4.78, 5) is 4.32. The SMILES string of the molecule is NC(c1ccc2ncccc2c1)c1ccc(Cl)cc1Br. The van der Waals surface area contributed by atoms with E-state index < -0.39 is 0 Å². The molecule has 0 amide bonds. The largest absolute Gasteiger partial charge is 0.320 e. The summed E-state index contributed by atoms with van der Waals surface area (Å²) in [6, 6.07) is 15.5. The molecule has 1 atom stereocenters. The second kappa shape index (κ2) is 5.52. The minimum atomic E-state index is -0.203. The molecule has 2 nitrogen and oxygen atoms in total. The van der Waals surface area contributed by atoms with E-state index >= 15 is 0 Å². The van der Waals surface area contributed by atoms with Crippen LogP contribution in [0.1, 0.15) is 17.2 Å². The van der Waals surface area contributed by atoms with Gasteiger partial charge in [-0.05, 0) is 41.5 Å². The van der Waals surface area contributed by atoms with Crippen molar-refractivity contribution in [2.45, 2.75) is 6.04 Å². The van der Waals surface area contributed by atoms with E-state index in [1.807, 2.05) is 42.5 Å². The van der Waals surface area contributed by atoms with Crippen molar-refractivity contribution < 1.29 is 0 Å². The van der Waals surface area contributed by atoms with Crippen molar-refractivity contribution in [1.82, 2.24) is 4.98 Å². The summed E-state index contributed by atoms with van der Waals surface area (Å²) in [6.45, 7) is 0. The maximum Gasteiger partial charge on any atom is 0.0702 e. The number of fused-ring (bicyclic) bond motifs is 1. The lowest BCUT2D eigenvalue weighted by Crippen LogP contribution is -2.12. The normalized spacial score (nSPS) is 12.6. The van der Waals surface area contributed by atoms with Crippen LogP contribution in [0.5, 0.6) is 0 Å². The summed E-state index contributed by atoms with van der Waals surface area (Å²) in [5, 5.41) is 1.78. The van der Waals surface area contributed by atoms with Crippen LogP contribution in [0.25, 0.3) is 10.9 Å². The number of hydrogen-bond acceptors (Lipinski definition) is 2. The fourth-order valence-electron chi connectivity index (χ4n) is 2.22. The molecule has 2 N–H and O–H groups in total. The van der Waals surface area contributed by atoms with Gasteiger partial charge in [0.2, 0.25) is 0 Å². The second-order valence-corrected chi connectivity index (χ2v) is 5.89. The monoisotopic (exact) mass is 346 g/mol. The zero-order valence-electron chi connectivity index (χ0n) is 10.6. The van der Waals surface area contributed by atoms with Crippen LogP contribution in [0.2, 0.25) is 5.02 Å². The number of aromatic nitrogens is 1. The van der Waals surface area contributed by atoms with Gasteiger partial charge in [0.25, 0.3) is 0 Å². The third-order valence-electron chi connectivity index (χ3n) is 3.28. The standard InChI is InChI=1S/C16H12BrClN2/c17-14-9-12(18)4-5-13(14)16(19)11-3-6-15-10(8-11)2-1-7-20-15/h1-9,16H,19H2. The molecular weight excluding hydrogens is 336 g/mol. The lowest BCUT2D eigenvalue weighted by atomic mass is 9.98. The second-order valence-electron chi connectivity index (χ2n) is 4.60. The van der Waals surface area contributed by atoms with Crippen LogP contribution in [0, 0.1) is 0 Å². The maximum absolute atomic E-state index is 6.36. The van der Waals surface area contributed by atoms with E-state index in [1.165, 1.54) is 0 Å². The molecule has 3 rings (SSSR count). The van der Waals surface area contributed by atoms with Crippen LogP contribution < -0.4 is 5.73 Å².